The molecule has 2 rings (SSSR count). The number of hydrogen-bond donors (Lipinski definition) is 1. The molecule has 94 valence electrons. The molecule has 1 nitrogen and oxygen atoms in total. The van der Waals surface area contributed by atoms with Gasteiger partial charge < -0.3 is 5.73 Å². The largest absolute Gasteiger partial charge is 0.399 e. The van der Waals surface area contributed by atoms with Crippen LogP contribution in [0.5, 0.6) is 0 Å². The molecule has 0 spiro atoms. The fraction of sp³-hybridized carbons (Fsp3) is 0.143. The Morgan fingerprint density at radius 3 is 2.11 bits per heavy atom. The minimum Gasteiger partial charge on any atom is -0.399 e. The lowest BCUT2D eigenvalue weighted by Crippen LogP contribution is -1.93. The fourth-order valence-electron chi connectivity index (χ4n) is 1.57. The highest BCUT2D eigenvalue weighted by Gasteiger charge is 2.12. The monoisotopic (exact) mass is 265 g/mol. The van der Waals surface area contributed by atoms with Crippen molar-refractivity contribution < 1.29 is 8.78 Å². The van der Waals surface area contributed by atoms with Crippen LogP contribution in [0, 0.1) is 25.5 Å². The highest BCUT2D eigenvalue weighted by atomic mass is 32.2. The van der Waals surface area contributed by atoms with Gasteiger partial charge in [0.25, 0.3) is 0 Å². The molecule has 0 aliphatic heterocycles. The Morgan fingerprint density at radius 1 is 0.944 bits per heavy atom. The molecule has 2 aromatic rings. The highest BCUT2D eigenvalue weighted by molar-refractivity contribution is 7.99. The van der Waals surface area contributed by atoms with Gasteiger partial charge in [-0.25, -0.2) is 8.78 Å². The van der Waals surface area contributed by atoms with Gasteiger partial charge in [0.1, 0.15) is 11.6 Å². The number of hydrogen-bond acceptors (Lipinski definition) is 2. The molecule has 18 heavy (non-hydrogen) atoms. The van der Waals surface area contributed by atoms with Crippen molar-refractivity contribution in [3.05, 3.63) is 53.1 Å². The van der Waals surface area contributed by atoms with E-state index in [0.29, 0.717) is 0 Å². The van der Waals surface area contributed by atoms with Gasteiger partial charge in [0, 0.05) is 10.6 Å². The zero-order chi connectivity index (χ0) is 13.3. The lowest BCUT2D eigenvalue weighted by atomic mass is 10.1. The molecule has 2 N–H and O–H groups in total. The number of nitrogen functional groups attached to an aromatic ring is 1. The van der Waals surface area contributed by atoms with Gasteiger partial charge in [0.05, 0.1) is 4.90 Å². The molecule has 0 aromatic heterocycles. The number of halogens is 2. The van der Waals surface area contributed by atoms with Gasteiger partial charge >= 0.3 is 0 Å². The van der Waals surface area contributed by atoms with Crippen LogP contribution >= 0.6 is 11.8 Å². The van der Waals surface area contributed by atoms with E-state index in [1.54, 1.807) is 0 Å². The molecule has 0 saturated carbocycles. The van der Waals surface area contributed by atoms with Crippen molar-refractivity contribution in [3.8, 4) is 0 Å². The van der Waals surface area contributed by atoms with E-state index < -0.39 is 11.6 Å². The van der Waals surface area contributed by atoms with E-state index in [9.17, 15) is 8.78 Å². The average molecular weight is 265 g/mol. The number of anilines is 1. The van der Waals surface area contributed by atoms with Crippen molar-refractivity contribution in [2.24, 2.45) is 0 Å². The zero-order valence-electron chi connectivity index (χ0n) is 10.1. The summed E-state index contributed by atoms with van der Waals surface area (Å²) in [7, 11) is 0. The van der Waals surface area contributed by atoms with Gasteiger partial charge in [-0.15, -0.1) is 0 Å². The maximum absolute atomic E-state index is 13.6. The summed E-state index contributed by atoms with van der Waals surface area (Å²) in [4.78, 5) is 0.785. The molecule has 0 aliphatic carbocycles. The topological polar surface area (TPSA) is 26.0 Å². The molecular formula is C14H13F2NS. The van der Waals surface area contributed by atoms with Gasteiger partial charge in [0.2, 0.25) is 0 Å². The molecule has 2 aromatic carbocycles. The standard InChI is InChI=1S/C14H13F2NS/c1-8-3-4-11(5-9(8)2)18-14-12(15)6-10(17)7-13(14)16/h3-7H,17H2,1-2H3. The number of rotatable bonds is 2. The summed E-state index contributed by atoms with van der Waals surface area (Å²) in [6.45, 7) is 3.96. The van der Waals surface area contributed by atoms with E-state index in [0.717, 1.165) is 39.9 Å². The van der Waals surface area contributed by atoms with Crippen LogP contribution in [0.4, 0.5) is 14.5 Å². The van der Waals surface area contributed by atoms with Crippen LogP contribution in [0.2, 0.25) is 0 Å². The van der Waals surface area contributed by atoms with Gasteiger partial charge in [0.15, 0.2) is 0 Å². The van der Waals surface area contributed by atoms with Crippen LogP contribution in [-0.4, -0.2) is 0 Å². The highest BCUT2D eigenvalue weighted by Crippen LogP contribution is 2.33. The molecule has 0 aliphatic rings. The number of benzene rings is 2. The summed E-state index contributed by atoms with van der Waals surface area (Å²) in [5.41, 5.74) is 7.71. The molecule has 0 bridgehead atoms. The fourth-order valence-corrected chi connectivity index (χ4v) is 2.49. The Hall–Kier alpha value is -1.55. The van der Waals surface area contributed by atoms with Crippen molar-refractivity contribution in [3.63, 3.8) is 0 Å². The second-order valence-electron chi connectivity index (χ2n) is 4.16. The van der Waals surface area contributed by atoms with Crippen LogP contribution in [-0.2, 0) is 0 Å². The third kappa shape index (κ3) is 2.64. The summed E-state index contributed by atoms with van der Waals surface area (Å²) < 4.78 is 27.3. The average Bonchev–Trinajstić information content (AvgIpc) is 2.28. The van der Waals surface area contributed by atoms with E-state index in [-0.39, 0.29) is 10.6 Å². The van der Waals surface area contributed by atoms with Crippen LogP contribution in [0.3, 0.4) is 0 Å². The first-order valence-corrected chi connectivity index (χ1v) is 6.28. The van der Waals surface area contributed by atoms with Crippen LogP contribution in [0.1, 0.15) is 11.1 Å². The van der Waals surface area contributed by atoms with Crippen molar-refractivity contribution in [1.29, 1.82) is 0 Å². The first-order chi connectivity index (χ1) is 8.47. The van der Waals surface area contributed by atoms with E-state index in [1.165, 1.54) is 0 Å². The smallest absolute Gasteiger partial charge is 0.142 e. The van der Waals surface area contributed by atoms with Gasteiger partial charge in [-0.3, -0.25) is 0 Å². The quantitative estimate of drug-likeness (QED) is 0.819. The third-order valence-electron chi connectivity index (χ3n) is 2.72. The van der Waals surface area contributed by atoms with E-state index in [2.05, 4.69) is 0 Å². The van der Waals surface area contributed by atoms with E-state index in [4.69, 9.17) is 5.73 Å². The van der Waals surface area contributed by atoms with E-state index in [1.807, 2.05) is 32.0 Å². The minimum absolute atomic E-state index is 0.0209. The predicted octanol–water partition coefficient (Wildman–Crippen LogP) is 4.32. The second-order valence-corrected chi connectivity index (χ2v) is 5.25. The van der Waals surface area contributed by atoms with Gasteiger partial charge in [-0.2, -0.15) is 0 Å². The maximum atomic E-state index is 13.6. The molecule has 0 atom stereocenters. The minimum atomic E-state index is -0.629. The Kier molecular flexibility index (Phi) is 3.57. The van der Waals surface area contributed by atoms with Crippen LogP contribution in [0.15, 0.2) is 40.1 Å². The SMILES string of the molecule is Cc1ccc(Sc2c(F)cc(N)cc2F)cc1C. The molecule has 0 amide bonds. The van der Waals surface area contributed by atoms with Gasteiger partial charge in [-0.1, -0.05) is 17.8 Å². The Balaban J connectivity index is 2.37. The molecule has 0 unspecified atom stereocenters. The molecule has 0 radical (unpaired) electrons. The summed E-state index contributed by atoms with van der Waals surface area (Å²) in [6, 6.07) is 7.96. The number of aryl methyl sites for hydroxylation is 2. The van der Waals surface area contributed by atoms with Crippen molar-refractivity contribution >= 4 is 17.4 Å². The zero-order valence-corrected chi connectivity index (χ0v) is 10.9. The normalized spacial score (nSPS) is 10.7. The second kappa shape index (κ2) is 4.98. The first kappa shape index (κ1) is 12.9. The van der Waals surface area contributed by atoms with Crippen molar-refractivity contribution in [1.82, 2.24) is 0 Å². The first-order valence-electron chi connectivity index (χ1n) is 5.47. The molecular weight excluding hydrogens is 252 g/mol. The summed E-state index contributed by atoms with van der Waals surface area (Å²) >= 11 is 1.07. The summed E-state index contributed by atoms with van der Waals surface area (Å²) in [6.07, 6.45) is 0. The van der Waals surface area contributed by atoms with Crippen LogP contribution in [0.25, 0.3) is 0 Å². The Bertz CT molecular complexity index is 573. The number of nitrogens with two attached hydrogens (primary N) is 1. The summed E-state index contributed by atoms with van der Waals surface area (Å²) in [5, 5.41) is 0. The van der Waals surface area contributed by atoms with E-state index >= 15 is 0 Å². The Labute approximate surface area is 109 Å². The molecule has 0 heterocycles. The van der Waals surface area contributed by atoms with Gasteiger partial charge in [-0.05, 0) is 49.2 Å². The van der Waals surface area contributed by atoms with Crippen LogP contribution < -0.4 is 5.73 Å². The predicted molar refractivity (Wildman–Crippen MR) is 70.8 cm³/mol. The lowest BCUT2D eigenvalue weighted by molar-refractivity contribution is 0.542. The lowest BCUT2D eigenvalue weighted by Gasteiger charge is -2.07. The molecule has 0 saturated heterocycles. The maximum Gasteiger partial charge on any atom is 0.142 e. The van der Waals surface area contributed by atoms with Crippen molar-refractivity contribution in [2.75, 3.05) is 5.73 Å². The summed E-state index contributed by atoms with van der Waals surface area (Å²) in [5.74, 6) is -1.26. The molecule has 0 fully saturated rings. The Morgan fingerprint density at radius 2 is 1.56 bits per heavy atom. The third-order valence-corrected chi connectivity index (χ3v) is 3.80. The molecule has 4 heteroatoms. The van der Waals surface area contributed by atoms with Crippen molar-refractivity contribution in [2.45, 2.75) is 23.6 Å².